The minimum Gasteiger partial charge on any atom is -0.314 e. The van der Waals surface area contributed by atoms with E-state index in [0.29, 0.717) is 0 Å². The Bertz CT molecular complexity index is 165. The second-order valence-corrected chi connectivity index (χ2v) is 5.97. The van der Waals surface area contributed by atoms with E-state index in [0.717, 1.165) is 24.4 Å². The van der Waals surface area contributed by atoms with Crippen molar-refractivity contribution in [1.82, 2.24) is 5.32 Å². The van der Waals surface area contributed by atoms with Crippen molar-refractivity contribution >= 4 is 0 Å². The summed E-state index contributed by atoms with van der Waals surface area (Å²) in [5, 5.41) is 3.65. The van der Waals surface area contributed by atoms with Crippen LogP contribution in [0, 0.1) is 11.8 Å². The van der Waals surface area contributed by atoms with Crippen LogP contribution < -0.4 is 5.32 Å². The van der Waals surface area contributed by atoms with Crippen LogP contribution in [0.4, 0.5) is 0 Å². The predicted octanol–water partition coefficient (Wildman–Crippen LogP) is 4.37. The molecule has 0 aromatic rings. The lowest BCUT2D eigenvalue weighted by atomic mass is 9.91. The summed E-state index contributed by atoms with van der Waals surface area (Å²) in [5.41, 5.74) is 0. The van der Waals surface area contributed by atoms with E-state index in [-0.39, 0.29) is 0 Å². The van der Waals surface area contributed by atoms with Gasteiger partial charge in [0.15, 0.2) is 0 Å². The van der Waals surface area contributed by atoms with Gasteiger partial charge in [-0.15, -0.1) is 0 Å². The third-order valence-electron chi connectivity index (χ3n) is 3.92. The van der Waals surface area contributed by atoms with Gasteiger partial charge in [0.1, 0.15) is 0 Å². The molecular weight excluding hydrogens is 194 g/mol. The number of hydrogen-bond acceptors (Lipinski definition) is 1. The average molecular weight is 225 g/mol. The Hall–Kier alpha value is -0.0400. The number of nitrogens with one attached hydrogen (secondary N) is 1. The van der Waals surface area contributed by atoms with Crippen LogP contribution >= 0.6 is 0 Å². The van der Waals surface area contributed by atoms with Gasteiger partial charge in [-0.3, -0.25) is 0 Å². The van der Waals surface area contributed by atoms with Gasteiger partial charge in [0.05, 0.1) is 0 Å². The Balaban J connectivity index is 2.22. The topological polar surface area (TPSA) is 12.0 Å². The molecule has 1 N–H and O–H groups in total. The van der Waals surface area contributed by atoms with Gasteiger partial charge in [-0.2, -0.15) is 0 Å². The first-order valence-corrected chi connectivity index (χ1v) is 7.45. The molecule has 1 aliphatic rings. The van der Waals surface area contributed by atoms with Crippen LogP contribution in [0.2, 0.25) is 0 Å². The lowest BCUT2D eigenvalue weighted by Crippen LogP contribution is -2.29. The molecule has 0 amide bonds. The molecule has 96 valence electrons. The van der Waals surface area contributed by atoms with Gasteiger partial charge in [0.2, 0.25) is 0 Å². The fourth-order valence-corrected chi connectivity index (χ4v) is 3.01. The van der Waals surface area contributed by atoms with E-state index >= 15 is 0 Å². The highest BCUT2D eigenvalue weighted by atomic mass is 14.9. The van der Waals surface area contributed by atoms with Crippen LogP contribution in [0.15, 0.2) is 0 Å². The molecule has 1 rings (SSSR count). The van der Waals surface area contributed by atoms with Crippen molar-refractivity contribution in [2.75, 3.05) is 6.54 Å². The molecule has 0 saturated heterocycles. The zero-order valence-corrected chi connectivity index (χ0v) is 11.6. The van der Waals surface area contributed by atoms with Crippen LogP contribution in [0.1, 0.15) is 72.1 Å². The van der Waals surface area contributed by atoms with Crippen molar-refractivity contribution < 1.29 is 0 Å². The van der Waals surface area contributed by atoms with Gasteiger partial charge in [-0.1, -0.05) is 59.3 Å². The fourth-order valence-electron chi connectivity index (χ4n) is 3.01. The summed E-state index contributed by atoms with van der Waals surface area (Å²) in [5.74, 6) is 1.89. The Kier molecular flexibility index (Phi) is 7.11. The van der Waals surface area contributed by atoms with E-state index in [1.54, 1.807) is 0 Å². The quantitative estimate of drug-likeness (QED) is 0.662. The summed E-state index contributed by atoms with van der Waals surface area (Å²) in [4.78, 5) is 0. The standard InChI is InChI=1S/C15H31N/c1-4-16-15-11-6-5-9-14(12-15)10-7-8-13(2)3/h13-16H,4-12H2,1-3H3. The third-order valence-corrected chi connectivity index (χ3v) is 3.92. The maximum atomic E-state index is 3.65. The molecule has 2 atom stereocenters. The highest BCUT2D eigenvalue weighted by molar-refractivity contribution is 4.75. The molecule has 0 radical (unpaired) electrons. The third kappa shape index (κ3) is 5.89. The zero-order chi connectivity index (χ0) is 11.8. The fraction of sp³-hybridized carbons (Fsp3) is 1.00. The Morgan fingerprint density at radius 1 is 1.19 bits per heavy atom. The molecule has 1 heteroatoms. The molecule has 1 fully saturated rings. The van der Waals surface area contributed by atoms with Crippen molar-refractivity contribution in [2.45, 2.75) is 78.2 Å². The first-order chi connectivity index (χ1) is 7.72. The van der Waals surface area contributed by atoms with Crippen molar-refractivity contribution in [2.24, 2.45) is 11.8 Å². The summed E-state index contributed by atoms with van der Waals surface area (Å²) in [7, 11) is 0. The predicted molar refractivity (Wildman–Crippen MR) is 72.7 cm³/mol. The van der Waals surface area contributed by atoms with Crippen molar-refractivity contribution in [3.05, 3.63) is 0 Å². The first kappa shape index (κ1) is 14.0. The highest BCUT2D eigenvalue weighted by Crippen LogP contribution is 2.27. The minimum absolute atomic E-state index is 0.816. The van der Waals surface area contributed by atoms with Gasteiger partial charge in [0, 0.05) is 6.04 Å². The maximum absolute atomic E-state index is 3.65. The van der Waals surface area contributed by atoms with Crippen LogP contribution in [-0.2, 0) is 0 Å². The second kappa shape index (κ2) is 8.11. The van der Waals surface area contributed by atoms with E-state index in [2.05, 4.69) is 26.1 Å². The van der Waals surface area contributed by atoms with E-state index in [4.69, 9.17) is 0 Å². The molecule has 1 aliphatic carbocycles. The maximum Gasteiger partial charge on any atom is 0.00695 e. The molecule has 0 aromatic carbocycles. The van der Waals surface area contributed by atoms with Gasteiger partial charge in [-0.05, 0) is 31.2 Å². The SMILES string of the molecule is CCNC1CCCCC(CCCC(C)C)C1. The molecule has 0 aliphatic heterocycles. The van der Waals surface area contributed by atoms with Gasteiger partial charge in [0.25, 0.3) is 0 Å². The summed E-state index contributed by atoms with van der Waals surface area (Å²) in [6.07, 6.45) is 11.6. The zero-order valence-electron chi connectivity index (χ0n) is 11.6. The Morgan fingerprint density at radius 2 is 1.94 bits per heavy atom. The van der Waals surface area contributed by atoms with Crippen molar-refractivity contribution in [3.8, 4) is 0 Å². The lowest BCUT2D eigenvalue weighted by molar-refractivity contribution is 0.353. The molecule has 1 saturated carbocycles. The molecular formula is C15H31N. The van der Waals surface area contributed by atoms with E-state index in [1.165, 1.54) is 51.4 Å². The first-order valence-electron chi connectivity index (χ1n) is 7.45. The van der Waals surface area contributed by atoms with Crippen LogP contribution in [0.25, 0.3) is 0 Å². The number of rotatable bonds is 6. The van der Waals surface area contributed by atoms with Crippen molar-refractivity contribution in [3.63, 3.8) is 0 Å². The van der Waals surface area contributed by atoms with Crippen LogP contribution in [0.3, 0.4) is 0 Å². The summed E-state index contributed by atoms with van der Waals surface area (Å²) in [6.45, 7) is 8.06. The monoisotopic (exact) mass is 225 g/mol. The molecule has 0 heterocycles. The van der Waals surface area contributed by atoms with E-state index in [9.17, 15) is 0 Å². The van der Waals surface area contributed by atoms with Crippen LogP contribution in [-0.4, -0.2) is 12.6 Å². The molecule has 0 bridgehead atoms. The Labute approximate surface area is 102 Å². The largest absolute Gasteiger partial charge is 0.314 e. The summed E-state index contributed by atoms with van der Waals surface area (Å²) >= 11 is 0. The molecule has 16 heavy (non-hydrogen) atoms. The van der Waals surface area contributed by atoms with Gasteiger partial charge >= 0.3 is 0 Å². The lowest BCUT2D eigenvalue weighted by Gasteiger charge is -2.20. The molecule has 2 unspecified atom stereocenters. The smallest absolute Gasteiger partial charge is 0.00695 e. The molecule has 0 spiro atoms. The summed E-state index contributed by atoms with van der Waals surface area (Å²) < 4.78 is 0. The Morgan fingerprint density at radius 3 is 2.62 bits per heavy atom. The van der Waals surface area contributed by atoms with E-state index < -0.39 is 0 Å². The normalized spacial score (nSPS) is 27.0. The molecule has 0 aromatic heterocycles. The highest BCUT2D eigenvalue weighted by Gasteiger charge is 2.19. The molecule has 1 nitrogen and oxygen atoms in total. The van der Waals surface area contributed by atoms with E-state index in [1.807, 2.05) is 0 Å². The second-order valence-electron chi connectivity index (χ2n) is 5.97. The average Bonchev–Trinajstić information content (AvgIpc) is 2.44. The number of hydrogen-bond donors (Lipinski definition) is 1. The van der Waals surface area contributed by atoms with Gasteiger partial charge < -0.3 is 5.32 Å². The minimum atomic E-state index is 0.816. The van der Waals surface area contributed by atoms with Crippen molar-refractivity contribution in [1.29, 1.82) is 0 Å². The van der Waals surface area contributed by atoms with Gasteiger partial charge in [-0.25, -0.2) is 0 Å². The van der Waals surface area contributed by atoms with Crippen LogP contribution in [0.5, 0.6) is 0 Å². The summed E-state index contributed by atoms with van der Waals surface area (Å²) in [6, 6.07) is 0.816.